The van der Waals surface area contributed by atoms with Crippen molar-refractivity contribution >= 4 is 17.8 Å². The molecule has 0 spiro atoms. The number of rotatable bonds is 3. The fourth-order valence-electron chi connectivity index (χ4n) is 1.60. The van der Waals surface area contributed by atoms with E-state index >= 15 is 0 Å². The van der Waals surface area contributed by atoms with Crippen molar-refractivity contribution < 1.29 is 19.5 Å². The summed E-state index contributed by atoms with van der Waals surface area (Å²) in [5.41, 5.74) is -0.815. The number of aliphatic carboxylic acids is 1. The number of carboxylic acid groups (broad SMARTS) is 1. The van der Waals surface area contributed by atoms with E-state index < -0.39 is 23.3 Å². The SMILES string of the molecule is CCC(C)(C(=O)O)N1C(=O)C(C)=C(C)C1=O. The lowest BCUT2D eigenvalue weighted by Gasteiger charge is -2.32. The van der Waals surface area contributed by atoms with Crippen LogP contribution in [0, 0.1) is 0 Å². The molecule has 1 rings (SSSR count). The second-order valence-corrected chi connectivity index (χ2v) is 4.13. The van der Waals surface area contributed by atoms with Gasteiger partial charge in [0.2, 0.25) is 0 Å². The van der Waals surface area contributed by atoms with Gasteiger partial charge >= 0.3 is 5.97 Å². The number of nitrogens with zero attached hydrogens (tertiary/aromatic N) is 1. The van der Waals surface area contributed by atoms with Gasteiger partial charge in [-0.2, -0.15) is 0 Å². The van der Waals surface area contributed by atoms with E-state index in [1.165, 1.54) is 20.8 Å². The third-order valence-corrected chi connectivity index (χ3v) is 3.25. The zero-order chi connectivity index (χ0) is 12.7. The fourth-order valence-corrected chi connectivity index (χ4v) is 1.60. The molecule has 1 heterocycles. The zero-order valence-corrected chi connectivity index (χ0v) is 9.83. The molecule has 1 atom stereocenters. The maximum absolute atomic E-state index is 11.8. The molecule has 88 valence electrons. The second kappa shape index (κ2) is 3.73. The van der Waals surface area contributed by atoms with Gasteiger partial charge in [0.15, 0.2) is 0 Å². The molecule has 0 bridgehead atoms. The van der Waals surface area contributed by atoms with Crippen LogP contribution in [0.25, 0.3) is 0 Å². The largest absolute Gasteiger partial charge is 0.479 e. The summed E-state index contributed by atoms with van der Waals surface area (Å²) in [4.78, 5) is 35.7. The Morgan fingerprint density at radius 1 is 1.25 bits per heavy atom. The highest BCUT2D eigenvalue weighted by Crippen LogP contribution is 2.30. The van der Waals surface area contributed by atoms with Gasteiger partial charge in [0, 0.05) is 11.1 Å². The van der Waals surface area contributed by atoms with Crippen molar-refractivity contribution in [2.45, 2.75) is 39.7 Å². The molecule has 0 aromatic heterocycles. The van der Waals surface area contributed by atoms with Crippen LogP contribution in [-0.4, -0.2) is 33.3 Å². The third-order valence-electron chi connectivity index (χ3n) is 3.25. The summed E-state index contributed by atoms with van der Waals surface area (Å²) in [6, 6.07) is 0. The molecule has 0 saturated heterocycles. The van der Waals surface area contributed by atoms with E-state index in [4.69, 9.17) is 5.11 Å². The van der Waals surface area contributed by atoms with Crippen LogP contribution in [0.4, 0.5) is 0 Å². The van der Waals surface area contributed by atoms with E-state index in [9.17, 15) is 14.4 Å². The normalized spacial score (nSPS) is 20.4. The summed E-state index contributed by atoms with van der Waals surface area (Å²) in [5.74, 6) is -2.18. The molecular formula is C11H15NO4. The first-order valence-corrected chi connectivity index (χ1v) is 5.07. The quantitative estimate of drug-likeness (QED) is 0.725. The van der Waals surface area contributed by atoms with Gasteiger partial charge in [0.25, 0.3) is 11.8 Å². The van der Waals surface area contributed by atoms with Crippen LogP contribution in [-0.2, 0) is 14.4 Å². The Morgan fingerprint density at radius 3 is 1.88 bits per heavy atom. The Bertz CT molecular complexity index is 386. The first-order valence-electron chi connectivity index (χ1n) is 5.07. The minimum Gasteiger partial charge on any atom is -0.479 e. The standard InChI is InChI=1S/C11H15NO4/c1-5-11(4,10(15)16)12-8(13)6(2)7(3)9(12)14/h5H2,1-4H3,(H,15,16). The summed E-state index contributed by atoms with van der Waals surface area (Å²) < 4.78 is 0. The Labute approximate surface area is 93.7 Å². The smallest absolute Gasteiger partial charge is 0.329 e. The minimum atomic E-state index is -1.47. The zero-order valence-electron chi connectivity index (χ0n) is 9.83. The van der Waals surface area contributed by atoms with E-state index in [1.54, 1.807) is 6.92 Å². The topological polar surface area (TPSA) is 74.7 Å². The van der Waals surface area contributed by atoms with Crippen molar-refractivity contribution in [3.63, 3.8) is 0 Å². The molecule has 5 heteroatoms. The lowest BCUT2D eigenvalue weighted by atomic mass is 9.96. The Balaban J connectivity index is 3.24. The van der Waals surface area contributed by atoms with Crippen molar-refractivity contribution in [2.24, 2.45) is 0 Å². The van der Waals surface area contributed by atoms with Gasteiger partial charge in [-0.3, -0.25) is 14.5 Å². The van der Waals surface area contributed by atoms with E-state index in [1.807, 2.05) is 0 Å². The van der Waals surface area contributed by atoms with Crippen LogP contribution in [0.3, 0.4) is 0 Å². The summed E-state index contributed by atoms with van der Waals surface area (Å²) in [5, 5.41) is 9.14. The van der Waals surface area contributed by atoms with Crippen LogP contribution in [0.15, 0.2) is 11.1 Å². The third kappa shape index (κ3) is 1.43. The highest BCUT2D eigenvalue weighted by atomic mass is 16.4. The molecule has 1 unspecified atom stereocenters. The van der Waals surface area contributed by atoms with Gasteiger partial charge < -0.3 is 5.11 Å². The molecule has 0 aromatic rings. The predicted molar refractivity (Wildman–Crippen MR) is 56.6 cm³/mol. The number of imide groups is 1. The maximum Gasteiger partial charge on any atom is 0.329 e. The highest BCUT2D eigenvalue weighted by Gasteiger charge is 2.48. The molecule has 1 N–H and O–H groups in total. The molecule has 0 fully saturated rings. The average molecular weight is 225 g/mol. The predicted octanol–water partition coefficient (Wildman–Crippen LogP) is 0.945. The fraction of sp³-hybridized carbons (Fsp3) is 0.545. The first-order chi connectivity index (χ1) is 7.27. The van der Waals surface area contributed by atoms with Crippen molar-refractivity contribution in [2.75, 3.05) is 0 Å². The van der Waals surface area contributed by atoms with E-state index in [0.717, 1.165) is 4.90 Å². The lowest BCUT2D eigenvalue weighted by molar-refractivity contribution is -0.161. The summed E-state index contributed by atoms with van der Waals surface area (Å²) in [6.07, 6.45) is 0.181. The van der Waals surface area contributed by atoms with Crippen molar-refractivity contribution in [3.05, 3.63) is 11.1 Å². The summed E-state index contributed by atoms with van der Waals surface area (Å²) >= 11 is 0. The average Bonchev–Trinajstić information content (AvgIpc) is 2.42. The minimum absolute atomic E-state index is 0.181. The first kappa shape index (κ1) is 12.4. The van der Waals surface area contributed by atoms with Crippen LogP contribution >= 0.6 is 0 Å². The molecule has 0 radical (unpaired) electrons. The van der Waals surface area contributed by atoms with E-state index in [2.05, 4.69) is 0 Å². The molecule has 0 aliphatic carbocycles. The van der Waals surface area contributed by atoms with Crippen LogP contribution in [0.1, 0.15) is 34.1 Å². The highest BCUT2D eigenvalue weighted by molar-refractivity contribution is 6.20. The van der Waals surface area contributed by atoms with Crippen LogP contribution in [0.2, 0.25) is 0 Å². The Morgan fingerprint density at radius 2 is 1.62 bits per heavy atom. The maximum atomic E-state index is 11.8. The molecule has 5 nitrogen and oxygen atoms in total. The lowest BCUT2D eigenvalue weighted by Crippen LogP contribution is -2.55. The van der Waals surface area contributed by atoms with Crippen LogP contribution in [0.5, 0.6) is 0 Å². The molecule has 0 saturated carbocycles. The number of carbonyl (C=O) groups excluding carboxylic acids is 2. The van der Waals surface area contributed by atoms with Crippen molar-refractivity contribution in [3.8, 4) is 0 Å². The van der Waals surface area contributed by atoms with Gasteiger partial charge in [-0.25, -0.2) is 4.79 Å². The monoisotopic (exact) mass is 225 g/mol. The molecule has 1 aliphatic rings. The number of amides is 2. The van der Waals surface area contributed by atoms with Gasteiger partial charge in [-0.1, -0.05) is 6.92 Å². The molecule has 16 heavy (non-hydrogen) atoms. The van der Waals surface area contributed by atoms with Gasteiger partial charge in [0.05, 0.1) is 0 Å². The number of hydrogen-bond acceptors (Lipinski definition) is 3. The summed E-state index contributed by atoms with van der Waals surface area (Å²) in [6.45, 7) is 6.09. The number of carboxylic acids is 1. The number of carbonyl (C=O) groups is 3. The van der Waals surface area contributed by atoms with Crippen molar-refractivity contribution in [1.29, 1.82) is 0 Å². The Hall–Kier alpha value is -1.65. The van der Waals surface area contributed by atoms with E-state index in [0.29, 0.717) is 11.1 Å². The molecule has 1 aliphatic heterocycles. The van der Waals surface area contributed by atoms with Gasteiger partial charge in [-0.15, -0.1) is 0 Å². The Kier molecular flexibility index (Phi) is 2.90. The number of hydrogen-bond donors (Lipinski definition) is 1. The van der Waals surface area contributed by atoms with Crippen molar-refractivity contribution in [1.82, 2.24) is 4.90 Å². The molecular weight excluding hydrogens is 210 g/mol. The summed E-state index contributed by atoms with van der Waals surface area (Å²) in [7, 11) is 0. The molecule has 2 amide bonds. The molecule has 0 aromatic carbocycles. The van der Waals surface area contributed by atoms with Gasteiger partial charge in [0.1, 0.15) is 5.54 Å². The second-order valence-electron chi connectivity index (χ2n) is 4.13. The van der Waals surface area contributed by atoms with Crippen LogP contribution < -0.4 is 0 Å². The van der Waals surface area contributed by atoms with Gasteiger partial charge in [-0.05, 0) is 27.2 Å². The van der Waals surface area contributed by atoms with E-state index in [-0.39, 0.29) is 6.42 Å².